The number of furan rings is 1. The van der Waals surface area contributed by atoms with Gasteiger partial charge in [-0.25, -0.2) is 4.98 Å². The SMILES string of the molecule is Cc1ccc(C(=O)Nc2nc(-c3ccc(Cl)c(Cl)c3)cs2)o1. The summed E-state index contributed by atoms with van der Waals surface area (Å²) in [5.74, 6) is 0.604. The second-order valence-corrected chi connectivity index (χ2v) is 6.20. The maximum Gasteiger partial charge on any atom is 0.293 e. The van der Waals surface area contributed by atoms with Crippen LogP contribution in [0.25, 0.3) is 11.3 Å². The number of halogens is 2. The van der Waals surface area contributed by atoms with Crippen molar-refractivity contribution >= 4 is 45.6 Å². The second-order valence-electron chi connectivity index (χ2n) is 4.53. The number of aryl methyl sites for hydroxylation is 1. The summed E-state index contributed by atoms with van der Waals surface area (Å²) in [5.41, 5.74) is 1.55. The van der Waals surface area contributed by atoms with E-state index in [4.69, 9.17) is 27.6 Å². The lowest BCUT2D eigenvalue weighted by Gasteiger charge is -2.00. The van der Waals surface area contributed by atoms with E-state index in [0.29, 0.717) is 20.9 Å². The molecular weight excluding hydrogens is 343 g/mol. The fourth-order valence-corrected chi connectivity index (χ4v) is 2.85. The van der Waals surface area contributed by atoms with Crippen molar-refractivity contribution in [2.24, 2.45) is 0 Å². The molecule has 0 aliphatic carbocycles. The van der Waals surface area contributed by atoms with Gasteiger partial charge in [0.25, 0.3) is 5.91 Å². The first kappa shape index (κ1) is 15.1. The summed E-state index contributed by atoms with van der Waals surface area (Å²) in [6.07, 6.45) is 0. The molecule has 7 heteroatoms. The number of hydrogen-bond donors (Lipinski definition) is 1. The van der Waals surface area contributed by atoms with Crippen LogP contribution >= 0.6 is 34.5 Å². The van der Waals surface area contributed by atoms with E-state index >= 15 is 0 Å². The first-order valence-electron chi connectivity index (χ1n) is 6.31. The highest BCUT2D eigenvalue weighted by Crippen LogP contribution is 2.30. The van der Waals surface area contributed by atoms with Crippen LogP contribution in [0.15, 0.2) is 40.1 Å². The van der Waals surface area contributed by atoms with Crippen LogP contribution in [0.5, 0.6) is 0 Å². The van der Waals surface area contributed by atoms with Crippen molar-refractivity contribution < 1.29 is 9.21 Å². The summed E-state index contributed by atoms with van der Waals surface area (Å²) in [5, 5.41) is 5.98. The van der Waals surface area contributed by atoms with Crippen molar-refractivity contribution in [1.82, 2.24) is 4.98 Å². The predicted octanol–water partition coefficient (Wildman–Crippen LogP) is 5.27. The van der Waals surface area contributed by atoms with E-state index in [2.05, 4.69) is 10.3 Å². The van der Waals surface area contributed by atoms with Crippen LogP contribution in [-0.2, 0) is 0 Å². The summed E-state index contributed by atoms with van der Waals surface area (Å²) < 4.78 is 5.27. The highest BCUT2D eigenvalue weighted by atomic mass is 35.5. The number of thiazole rings is 1. The van der Waals surface area contributed by atoms with E-state index in [0.717, 1.165) is 11.3 Å². The molecule has 2 heterocycles. The summed E-state index contributed by atoms with van der Waals surface area (Å²) >= 11 is 13.2. The maximum absolute atomic E-state index is 12.0. The van der Waals surface area contributed by atoms with Gasteiger partial charge in [0.05, 0.1) is 15.7 Å². The highest BCUT2D eigenvalue weighted by molar-refractivity contribution is 7.14. The quantitative estimate of drug-likeness (QED) is 0.698. The van der Waals surface area contributed by atoms with Gasteiger partial charge in [0, 0.05) is 10.9 Å². The number of rotatable bonds is 3. The summed E-state index contributed by atoms with van der Waals surface area (Å²) in [7, 11) is 0. The van der Waals surface area contributed by atoms with Crippen molar-refractivity contribution in [2.75, 3.05) is 5.32 Å². The van der Waals surface area contributed by atoms with E-state index in [-0.39, 0.29) is 11.7 Å². The largest absolute Gasteiger partial charge is 0.456 e. The molecule has 1 aromatic carbocycles. The van der Waals surface area contributed by atoms with Crippen molar-refractivity contribution in [2.45, 2.75) is 6.92 Å². The molecule has 0 bridgehead atoms. The molecule has 0 radical (unpaired) electrons. The van der Waals surface area contributed by atoms with E-state index in [9.17, 15) is 4.79 Å². The van der Waals surface area contributed by atoms with Crippen LogP contribution in [0, 0.1) is 6.92 Å². The molecule has 22 heavy (non-hydrogen) atoms. The van der Waals surface area contributed by atoms with Crippen LogP contribution in [0.2, 0.25) is 10.0 Å². The minimum Gasteiger partial charge on any atom is -0.456 e. The number of carbonyl (C=O) groups is 1. The van der Waals surface area contributed by atoms with Gasteiger partial charge in [-0.3, -0.25) is 10.1 Å². The minimum atomic E-state index is -0.330. The lowest BCUT2D eigenvalue weighted by atomic mass is 10.2. The Bertz CT molecular complexity index is 842. The zero-order chi connectivity index (χ0) is 15.7. The molecule has 0 unspecified atom stereocenters. The van der Waals surface area contributed by atoms with E-state index in [1.807, 2.05) is 11.4 Å². The zero-order valence-corrected chi connectivity index (χ0v) is 13.7. The topological polar surface area (TPSA) is 55.1 Å². The lowest BCUT2D eigenvalue weighted by molar-refractivity contribution is 0.0995. The van der Waals surface area contributed by atoms with Gasteiger partial charge in [0.1, 0.15) is 5.76 Å². The molecule has 3 rings (SSSR count). The number of aromatic nitrogens is 1. The Balaban J connectivity index is 1.78. The number of benzene rings is 1. The average molecular weight is 353 g/mol. The molecule has 1 amide bonds. The zero-order valence-electron chi connectivity index (χ0n) is 11.4. The van der Waals surface area contributed by atoms with Gasteiger partial charge in [0.15, 0.2) is 10.9 Å². The molecule has 2 aromatic heterocycles. The van der Waals surface area contributed by atoms with Crippen molar-refractivity contribution in [1.29, 1.82) is 0 Å². The Morgan fingerprint density at radius 2 is 2.05 bits per heavy atom. The fraction of sp³-hybridized carbons (Fsp3) is 0.0667. The molecule has 0 fully saturated rings. The molecule has 0 atom stereocenters. The summed E-state index contributed by atoms with van der Waals surface area (Å²) in [6, 6.07) is 8.63. The van der Waals surface area contributed by atoms with Crippen LogP contribution in [0.4, 0.5) is 5.13 Å². The van der Waals surface area contributed by atoms with Gasteiger partial charge in [-0.05, 0) is 31.2 Å². The first-order valence-corrected chi connectivity index (χ1v) is 7.95. The maximum atomic E-state index is 12.0. The lowest BCUT2D eigenvalue weighted by Crippen LogP contribution is -2.10. The number of nitrogens with one attached hydrogen (secondary N) is 1. The number of anilines is 1. The van der Waals surface area contributed by atoms with Gasteiger partial charge < -0.3 is 4.42 Å². The van der Waals surface area contributed by atoms with Crippen LogP contribution in [0.3, 0.4) is 0 Å². The van der Waals surface area contributed by atoms with Crippen molar-refractivity contribution in [3.8, 4) is 11.3 Å². The molecule has 0 saturated heterocycles. The molecule has 112 valence electrons. The Labute approximate surface area is 140 Å². The fourth-order valence-electron chi connectivity index (χ4n) is 1.83. The third-order valence-corrected chi connectivity index (χ3v) is 4.40. The average Bonchev–Trinajstić information content (AvgIpc) is 3.11. The number of amides is 1. The monoisotopic (exact) mass is 352 g/mol. The van der Waals surface area contributed by atoms with Gasteiger partial charge in [-0.2, -0.15) is 0 Å². The molecule has 4 nitrogen and oxygen atoms in total. The van der Waals surface area contributed by atoms with Gasteiger partial charge in [-0.15, -0.1) is 11.3 Å². The predicted molar refractivity (Wildman–Crippen MR) is 89.0 cm³/mol. The first-order chi connectivity index (χ1) is 10.5. The smallest absolute Gasteiger partial charge is 0.293 e. The standard InChI is InChI=1S/C15H10Cl2N2O2S/c1-8-2-5-13(21-8)14(20)19-15-18-12(7-22-15)9-3-4-10(16)11(17)6-9/h2-7H,1H3,(H,18,19,20). The third-order valence-electron chi connectivity index (χ3n) is 2.90. The summed E-state index contributed by atoms with van der Waals surface area (Å²) in [4.78, 5) is 16.4. The van der Waals surface area contributed by atoms with Crippen molar-refractivity contribution in [3.05, 3.63) is 57.3 Å². The molecule has 0 saturated carbocycles. The second kappa shape index (κ2) is 6.12. The molecule has 0 aliphatic rings. The normalized spacial score (nSPS) is 10.7. The Kier molecular flexibility index (Phi) is 4.20. The van der Waals surface area contributed by atoms with Crippen molar-refractivity contribution in [3.63, 3.8) is 0 Å². The Morgan fingerprint density at radius 3 is 2.73 bits per heavy atom. The van der Waals surface area contributed by atoms with Crippen LogP contribution in [0.1, 0.15) is 16.3 Å². The number of carbonyl (C=O) groups excluding carboxylic acids is 1. The third kappa shape index (κ3) is 3.16. The molecule has 1 N–H and O–H groups in total. The Hall–Kier alpha value is -1.82. The molecular formula is C15H10Cl2N2O2S. The minimum absolute atomic E-state index is 0.254. The Morgan fingerprint density at radius 1 is 1.23 bits per heavy atom. The highest BCUT2D eigenvalue weighted by Gasteiger charge is 2.13. The van der Waals surface area contributed by atoms with E-state index in [1.165, 1.54) is 11.3 Å². The van der Waals surface area contributed by atoms with Gasteiger partial charge in [0.2, 0.25) is 0 Å². The van der Waals surface area contributed by atoms with E-state index in [1.54, 1.807) is 31.2 Å². The van der Waals surface area contributed by atoms with Crippen LogP contribution in [-0.4, -0.2) is 10.9 Å². The van der Waals surface area contributed by atoms with Gasteiger partial charge >= 0.3 is 0 Å². The molecule has 3 aromatic rings. The number of nitrogens with zero attached hydrogens (tertiary/aromatic N) is 1. The molecule has 0 spiro atoms. The van der Waals surface area contributed by atoms with Crippen LogP contribution < -0.4 is 5.32 Å². The van der Waals surface area contributed by atoms with E-state index < -0.39 is 0 Å². The summed E-state index contributed by atoms with van der Waals surface area (Å²) in [6.45, 7) is 1.78. The van der Waals surface area contributed by atoms with Gasteiger partial charge in [-0.1, -0.05) is 29.3 Å². The number of hydrogen-bond acceptors (Lipinski definition) is 4. The molecule has 0 aliphatic heterocycles.